The smallest absolute Gasteiger partial charge is 0.254 e. The molecular weight excluding hydrogens is 404 g/mol. The number of aromatic nitrogens is 4. The number of hydrogen-bond acceptors (Lipinski definition) is 5. The monoisotopic (exact) mass is 439 g/mol. The maximum absolute atomic E-state index is 14.4. The number of halogens is 2. The standard InChI is InChI=1S/C22H35F2N5S/c1-18(2,3)29-17(26-27-28-29)21(10-8-19(9-11-21)12-13-30-19)25-14-16-6-4-5-7-20(16)15-22(20,23)24/h16,25H,4-15H2,1-3H3/t16-,19?,20-,21?/m0/s1. The summed E-state index contributed by atoms with van der Waals surface area (Å²) in [5, 5.41) is 16.7. The average molecular weight is 440 g/mol. The summed E-state index contributed by atoms with van der Waals surface area (Å²) in [4.78, 5) is 0. The lowest BCUT2D eigenvalue weighted by Crippen LogP contribution is -2.54. The molecule has 5 nitrogen and oxygen atoms in total. The van der Waals surface area contributed by atoms with Crippen molar-refractivity contribution in [2.75, 3.05) is 12.3 Å². The third-order valence-corrected chi connectivity index (χ3v) is 10.2. The normalized spacial score (nSPS) is 40.5. The molecule has 2 spiro atoms. The van der Waals surface area contributed by atoms with Gasteiger partial charge in [0.15, 0.2) is 5.82 Å². The molecule has 1 saturated heterocycles. The number of nitrogens with zero attached hydrogens (tertiary/aromatic N) is 4. The van der Waals surface area contributed by atoms with Gasteiger partial charge in [-0.25, -0.2) is 13.5 Å². The van der Waals surface area contributed by atoms with Crippen LogP contribution in [0.15, 0.2) is 0 Å². The Morgan fingerprint density at radius 2 is 1.80 bits per heavy atom. The molecule has 2 heterocycles. The molecule has 1 aromatic rings. The second kappa shape index (κ2) is 6.87. The van der Waals surface area contributed by atoms with Crippen molar-refractivity contribution >= 4 is 11.8 Å². The number of nitrogens with one attached hydrogen (secondary N) is 1. The molecule has 0 radical (unpaired) electrons. The van der Waals surface area contributed by atoms with Gasteiger partial charge in [0.25, 0.3) is 5.92 Å². The van der Waals surface area contributed by atoms with Crippen LogP contribution >= 0.6 is 11.8 Å². The van der Waals surface area contributed by atoms with Crippen molar-refractivity contribution in [2.45, 2.75) is 107 Å². The first-order valence-corrected chi connectivity index (χ1v) is 12.7. The molecular formula is C22H35F2N5S. The lowest BCUT2D eigenvalue weighted by Gasteiger charge is -2.51. The first-order valence-electron chi connectivity index (χ1n) is 11.7. The van der Waals surface area contributed by atoms with E-state index in [2.05, 4.69) is 53.4 Å². The summed E-state index contributed by atoms with van der Waals surface area (Å²) >= 11 is 2.11. The lowest BCUT2D eigenvalue weighted by atomic mass is 9.72. The van der Waals surface area contributed by atoms with Crippen LogP contribution < -0.4 is 5.32 Å². The summed E-state index contributed by atoms with van der Waals surface area (Å²) in [5.74, 6) is -0.272. The Kier molecular flexibility index (Phi) is 4.83. The molecule has 4 fully saturated rings. The molecule has 1 N–H and O–H groups in total. The van der Waals surface area contributed by atoms with Crippen LogP contribution in [-0.2, 0) is 11.1 Å². The van der Waals surface area contributed by atoms with E-state index in [4.69, 9.17) is 0 Å². The molecule has 0 unspecified atom stereocenters. The van der Waals surface area contributed by atoms with E-state index in [9.17, 15) is 8.78 Å². The van der Waals surface area contributed by atoms with Crippen molar-refractivity contribution in [3.8, 4) is 0 Å². The quantitative estimate of drug-likeness (QED) is 0.725. The summed E-state index contributed by atoms with van der Waals surface area (Å²) in [5.41, 5.74) is -1.29. The summed E-state index contributed by atoms with van der Waals surface area (Å²) in [6.45, 7) is 7.00. The highest BCUT2D eigenvalue weighted by atomic mass is 32.2. The second-order valence-corrected chi connectivity index (χ2v) is 12.9. The van der Waals surface area contributed by atoms with E-state index in [1.807, 2.05) is 4.68 Å². The summed E-state index contributed by atoms with van der Waals surface area (Å²) in [6.07, 6.45) is 9.23. The average Bonchev–Trinajstić information content (AvgIpc) is 3.02. The molecule has 2 atom stereocenters. The van der Waals surface area contributed by atoms with Crippen LogP contribution in [0.1, 0.15) is 90.8 Å². The molecule has 168 valence electrons. The number of alkyl halides is 2. The van der Waals surface area contributed by atoms with Crippen LogP contribution in [0.5, 0.6) is 0 Å². The summed E-state index contributed by atoms with van der Waals surface area (Å²) in [7, 11) is 0. The van der Waals surface area contributed by atoms with Gasteiger partial charge in [-0.2, -0.15) is 11.8 Å². The highest BCUT2D eigenvalue weighted by Crippen LogP contribution is 2.69. The molecule has 4 aliphatic rings. The fraction of sp³-hybridized carbons (Fsp3) is 0.955. The number of tetrazole rings is 1. The van der Waals surface area contributed by atoms with Gasteiger partial charge in [-0.05, 0) is 94.4 Å². The SMILES string of the molecule is CC(C)(C)n1nnnc1C1(NC[C@@H]2CCCC[C@]23CC3(F)F)CCC2(CCS2)CC1. The van der Waals surface area contributed by atoms with Crippen molar-refractivity contribution < 1.29 is 8.78 Å². The molecule has 3 saturated carbocycles. The number of hydrogen-bond donors (Lipinski definition) is 1. The van der Waals surface area contributed by atoms with Gasteiger partial charge in [-0.1, -0.05) is 12.8 Å². The summed E-state index contributed by atoms with van der Waals surface area (Å²) in [6, 6.07) is 0. The van der Waals surface area contributed by atoms with Gasteiger partial charge in [0.1, 0.15) is 0 Å². The molecule has 1 aliphatic heterocycles. The van der Waals surface area contributed by atoms with Gasteiger partial charge in [-0.15, -0.1) is 5.10 Å². The van der Waals surface area contributed by atoms with E-state index >= 15 is 0 Å². The Hall–Kier alpha value is -0.760. The van der Waals surface area contributed by atoms with Crippen LogP contribution in [0.25, 0.3) is 0 Å². The third kappa shape index (κ3) is 3.23. The summed E-state index contributed by atoms with van der Waals surface area (Å²) < 4.78 is 31.1. The zero-order valence-electron chi connectivity index (χ0n) is 18.5. The van der Waals surface area contributed by atoms with Gasteiger partial charge in [-0.3, -0.25) is 0 Å². The highest BCUT2D eigenvalue weighted by molar-refractivity contribution is 8.02. The Bertz CT molecular complexity index is 790. The van der Waals surface area contributed by atoms with E-state index < -0.39 is 11.3 Å². The molecule has 5 rings (SSSR count). The zero-order valence-corrected chi connectivity index (χ0v) is 19.3. The van der Waals surface area contributed by atoms with Gasteiger partial charge in [0, 0.05) is 16.6 Å². The van der Waals surface area contributed by atoms with E-state index in [0.717, 1.165) is 50.8 Å². The van der Waals surface area contributed by atoms with E-state index in [1.54, 1.807) is 0 Å². The van der Waals surface area contributed by atoms with Crippen LogP contribution in [0.2, 0.25) is 0 Å². The maximum atomic E-state index is 14.4. The van der Waals surface area contributed by atoms with E-state index in [1.165, 1.54) is 12.2 Å². The van der Waals surface area contributed by atoms with Crippen molar-refractivity contribution in [3.05, 3.63) is 5.82 Å². The van der Waals surface area contributed by atoms with Crippen LogP contribution in [0, 0.1) is 11.3 Å². The van der Waals surface area contributed by atoms with Crippen molar-refractivity contribution in [2.24, 2.45) is 11.3 Å². The Morgan fingerprint density at radius 1 is 1.10 bits per heavy atom. The van der Waals surface area contributed by atoms with Crippen LogP contribution in [-0.4, -0.2) is 43.2 Å². The predicted octanol–water partition coefficient (Wildman–Crippen LogP) is 4.88. The zero-order chi connectivity index (χ0) is 21.3. The molecule has 0 amide bonds. The number of thioether (sulfide) groups is 1. The van der Waals surface area contributed by atoms with Crippen LogP contribution in [0.4, 0.5) is 8.78 Å². The molecule has 30 heavy (non-hydrogen) atoms. The molecule has 8 heteroatoms. The van der Waals surface area contributed by atoms with E-state index in [0.29, 0.717) is 17.7 Å². The fourth-order valence-electron chi connectivity index (χ4n) is 6.33. The number of rotatable bonds is 4. The fourth-order valence-corrected chi connectivity index (χ4v) is 7.60. The maximum Gasteiger partial charge on any atom is 0.254 e. The first-order chi connectivity index (χ1) is 14.1. The minimum Gasteiger partial charge on any atom is -0.304 e. The molecule has 3 aliphatic carbocycles. The largest absolute Gasteiger partial charge is 0.304 e. The van der Waals surface area contributed by atoms with Gasteiger partial charge < -0.3 is 5.32 Å². The molecule has 0 bridgehead atoms. The van der Waals surface area contributed by atoms with Crippen molar-refractivity contribution in [1.82, 2.24) is 25.5 Å². The Morgan fingerprint density at radius 3 is 2.37 bits per heavy atom. The minimum atomic E-state index is -2.47. The van der Waals surface area contributed by atoms with E-state index in [-0.39, 0.29) is 23.4 Å². The third-order valence-electron chi connectivity index (χ3n) is 8.55. The predicted molar refractivity (Wildman–Crippen MR) is 115 cm³/mol. The topological polar surface area (TPSA) is 55.6 Å². The van der Waals surface area contributed by atoms with Crippen molar-refractivity contribution in [1.29, 1.82) is 0 Å². The second-order valence-electron chi connectivity index (χ2n) is 11.3. The van der Waals surface area contributed by atoms with Crippen molar-refractivity contribution in [3.63, 3.8) is 0 Å². The van der Waals surface area contributed by atoms with Gasteiger partial charge >= 0.3 is 0 Å². The minimum absolute atomic E-state index is 0.0473. The Labute approximate surface area is 182 Å². The molecule has 1 aromatic heterocycles. The lowest BCUT2D eigenvalue weighted by molar-refractivity contribution is 0.0146. The van der Waals surface area contributed by atoms with Gasteiger partial charge in [0.2, 0.25) is 0 Å². The Balaban J connectivity index is 1.41. The highest BCUT2D eigenvalue weighted by Gasteiger charge is 2.73. The molecule has 0 aromatic carbocycles. The van der Waals surface area contributed by atoms with Gasteiger partial charge in [0.05, 0.1) is 11.1 Å². The van der Waals surface area contributed by atoms with Crippen LogP contribution in [0.3, 0.4) is 0 Å². The first kappa shape index (κ1) is 21.1.